The van der Waals surface area contributed by atoms with Gasteiger partial charge in [-0.15, -0.1) is 0 Å². The predicted octanol–water partition coefficient (Wildman–Crippen LogP) is 12.4. The van der Waals surface area contributed by atoms with Crippen molar-refractivity contribution in [2.24, 2.45) is 11.8 Å². The van der Waals surface area contributed by atoms with Crippen LogP contribution in [0.3, 0.4) is 0 Å². The highest BCUT2D eigenvalue weighted by molar-refractivity contribution is 4.59. The zero-order valence-electron chi connectivity index (χ0n) is 26.4. The van der Waals surface area contributed by atoms with E-state index < -0.39 is 0 Å². The summed E-state index contributed by atoms with van der Waals surface area (Å²) in [5.41, 5.74) is 0. The van der Waals surface area contributed by atoms with Gasteiger partial charge in [0.1, 0.15) is 0 Å². The summed E-state index contributed by atoms with van der Waals surface area (Å²) in [5.74, 6) is 1.78. The molecule has 218 valence electrons. The molecule has 0 rings (SSSR count). The van der Waals surface area contributed by atoms with Crippen molar-refractivity contribution in [1.82, 2.24) is 4.90 Å². The first kappa shape index (κ1) is 36.0. The molecule has 0 saturated heterocycles. The SMILES string of the molecule is CCCN(CCCCCCCCCCCCCC(C)C)CCCCCCCCCCCCCC(C)C. The Morgan fingerprint density at radius 1 is 0.333 bits per heavy atom. The molecule has 1 heteroatoms. The summed E-state index contributed by atoms with van der Waals surface area (Å²) in [4.78, 5) is 2.76. The second-order valence-corrected chi connectivity index (χ2v) is 13.0. The van der Waals surface area contributed by atoms with Gasteiger partial charge >= 0.3 is 0 Å². The molecule has 0 aromatic rings. The summed E-state index contributed by atoms with van der Waals surface area (Å²) >= 11 is 0. The minimum Gasteiger partial charge on any atom is -0.303 e. The van der Waals surface area contributed by atoms with Gasteiger partial charge in [0.15, 0.2) is 0 Å². The van der Waals surface area contributed by atoms with Gasteiger partial charge < -0.3 is 4.90 Å². The molecule has 0 unspecified atom stereocenters. The lowest BCUT2D eigenvalue weighted by Crippen LogP contribution is -2.27. The van der Waals surface area contributed by atoms with Gasteiger partial charge in [0.2, 0.25) is 0 Å². The van der Waals surface area contributed by atoms with Crippen molar-refractivity contribution in [2.75, 3.05) is 19.6 Å². The van der Waals surface area contributed by atoms with Crippen molar-refractivity contribution in [3.8, 4) is 0 Å². The average Bonchev–Trinajstić information content (AvgIpc) is 2.84. The van der Waals surface area contributed by atoms with Crippen molar-refractivity contribution in [3.63, 3.8) is 0 Å². The number of rotatable bonds is 30. The van der Waals surface area contributed by atoms with E-state index in [0.29, 0.717) is 0 Å². The number of hydrogen-bond donors (Lipinski definition) is 0. The summed E-state index contributed by atoms with van der Waals surface area (Å²) in [5, 5.41) is 0. The third-order valence-electron chi connectivity index (χ3n) is 8.05. The molecule has 0 aliphatic carbocycles. The summed E-state index contributed by atoms with van der Waals surface area (Å²) in [6.07, 6.45) is 36.4. The molecule has 1 nitrogen and oxygen atoms in total. The van der Waals surface area contributed by atoms with Gasteiger partial charge in [-0.25, -0.2) is 0 Å². The molecule has 0 atom stereocenters. The summed E-state index contributed by atoms with van der Waals surface area (Å²) in [7, 11) is 0. The molecule has 0 aromatic carbocycles. The Morgan fingerprint density at radius 2 is 0.583 bits per heavy atom. The summed E-state index contributed by atoms with van der Waals surface area (Å²) in [6, 6.07) is 0. The molecular weight excluding hydrogens is 434 g/mol. The second-order valence-electron chi connectivity index (χ2n) is 13.0. The Hall–Kier alpha value is -0.0400. The van der Waals surface area contributed by atoms with Gasteiger partial charge in [0.05, 0.1) is 0 Å². The Labute approximate surface area is 231 Å². The van der Waals surface area contributed by atoms with E-state index in [4.69, 9.17) is 0 Å². The van der Waals surface area contributed by atoms with Crippen LogP contribution in [-0.4, -0.2) is 24.5 Å². The van der Waals surface area contributed by atoms with Crippen LogP contribution in [0.1, 0.15) is 195 Å². The lowest BCUT2D eigenvalue weighted by molar-refractivity contribution is 0.260. The zero-order chi connectivity index (χ0) is 26.5. The quantitative estimate of drug-likeness (QED) is 0.0873. The fourth-order valence-corrected chi connectivity index (χ4v) is 5.61. The van der Waals surface area contributed by atoms with Gasteiger partial charge in [0.25, 0.3) is 0 Å². The smallest absolute Gasteiger partial charge is 0.00187 e. The largest absolute Gasteiger partial charge is 0.303 e. The fraction of sp³-hybridized carbons (Fsp3) is 1.00. The fourth-order valence-electron chi connectivity index (χ4n) is 5.61. The molecular formula is C35H73N. The van der Waals surface area contributed by atoms with Crippen LogP contribution < -0.4 is 0 Å². The van der Waals surface area contributed by atoms with E-state index in [2.05, 4.69) is 39.5 Å². The van der Waals surface area contributed by atoms with Crippen LogP contribution in [0.2, 0.25) is 0 Å². The van der Waals surface area contributed by atoms with Crippen molar-refractivity contribution in [2.45, 2.75) is 195 Å². The lowest BCUT2D eigenvalue weighted by atomic mass is 10.0. The first-order chi connectivity index (χ1) is 17.6. The Bertz CT molecular complexity index is 354. The first-order valence-electron chi connectivity index (χ1n) is 17.3. The predicted molar refractivity (Wildman–Crippen MR) is 167 cm³/mol. The highest BCUT2D eigenvalue weighted by atomic mass is 15.1. The molecule has 0 bridgehead atoms. The van der Waals surface area contributed by atoms with Gasteiger partial charge in [-0.2, -0.15) is 0 Å². The first-order valence-corrected chi connectivity index (χ1v) is 17.3. The Balaban J connectivity index is 3.39. The van der Waals surface area contributed by atoms with Gasteiger partial charge in [0, 0.05) is 0 Å². The van der Waals surface area contributed by atoms with Crippen LogP contribution in [0.5, 0.6) is 0 Å². The minimum atomic E-state index is 0.891. The number of unbranched alkanes of at least 4 members (excludes halogenated alkanes) is 20. The molecule has 0 spiro atoms. The maximum absolute atomic E-state index is 2.76. The van der Waals surface area contributed by atoms with Crippen molar-refractivity contribution >= 4 is 0 Å². The molecule has 0 aromatic heterocycles. The highest BCUT2D eigenvalue weighted by Crippen LogP contribution is 2.15. The van der Waals surface area contributed by atoms with E-state index in [1.165, 1.54) is 180 Å². The van der Waals surface area contributed by atoms with E-state index in [0.717, 1.165) is 11.8 Å². The maximum atomic E-state index is 2.76. The second kappa shape index (κ2) is 29.5. The lowest BCUT2D eigenvalue weighted by Gasteiger charge is -2.21. The monoisotopic (exact) mass is 508 g/mol. The number of nitrogens with zero attached hydrogens (tertiary/aromatic N) is 1. The van der Waals surface area contributed by atoms with Gasteiger partial charge in [-0.05, 0) is 50.7 Å². The van der Waals surface area contributed by atoms with E-state index in [-0.39, 0.29) is 0 Å². The normalized spacial score (nSPS) is 12.0. The minimum absolute atomic E-state index is 0.891. The Kier molecular flexibility index (Phi) is 29.5. The molecule has 0 fully saturated rings. The maximum Gasteiger partial charge on any atom is -0.00187 e. The zero-order valence-corrected chi connectivity index (χ0v) is 26.4. The van der Waals surface area contributed by atoms with Crippen LogP contribution in [0.25, 0.3) is 0 Å². The average molecular weight is 508 g/mol. The summed E-state index contributed by atoms with van der Waals surface area (Å²) < 4.78 is 0. The molecule has 0 heterocycles. The standard InChI is InChI=1S/C35H73N/c1-6-31-36(32-27-23-19-15-11-7-9-13-17-21-25-29-34(2)3)33-28-24-20-16-12-8-10-14-18-22-26-30-35(4)5/h34-35H,6-33H2,1-5H3. The van der Waals surface area contributed by atoms with Gasteiger partial charge in [-0.1, -0.05) is 176 Å². The van der Waals surface area contributed by atoms with Crippen LogP contribution in [0.4, 0.5) is 0 Å². The van der Waals surface area contributed by atoms with E-state index in [1.54, 1.807) is 0 Å². The Morgan fingerprint density at radius 3 is 0.833 bits per heavy atom. The van der Waals surface area contributed by atoms with E-state index in [9.17, 15) is 0 Å². The van der Waals surface area contributed by atoms with Crippen molar-refractivity contribution in [1.29, 1.82) is 0 Å². The van der Waals surface area contributed by atoms with Crippen LogP contribution in [0, 0.1) is 11.8 Å². The van der Waals surface area contributed by atoms with Crippen LogP contribution in [0.15, 0.2) is 0 Å². The van der Waals surface area contributed by atoms with Crippen molar-refractivity contribution < 1.29 is 0 Å². The van der Waals surface area contributed by atoms with E-state index >= 15 is 0 Å². The number of hydrogen-bond acceptors (Lipinski definition) is 1. The van der Waals surface area contributed by atoms with Crippen LogP contribution >= 0.6 is 0 Å². The van der Waals surface area contributed by atoms with Gasteiger partial charge in [-0.3, -0.25) is 0 Å². The third-order valence-corrected chi connectivity index (χ3v) is 8.05. The molecule has 0 aliphatic rings. The summed E-state index contributed by atoms with van der Waals surface area (Å²) in [6.45, 7) is 15.8. The molecule has 36 heavy (non-hydrogen) atoms. The highest BCUT2D eigenvalue weighted by Gasteiger charge is 2.04. The van der Waals surface area contributed by atoms with Crippen LogP contribution in [-0.2, 0) is 0 Å². The molecule has 0 aliphatic heterocycles. The topological polar surface area (TPSA) is 3.24 Å². The third kappa shape index (κ3) is 30.2. The van der Waals surface area contributed by atoms with Crippen molar-refractivity contribution in [3.05, 3.63) is 0 Å². The molecule has 0 amide bonds. The van der Waals surface area contributed by atoms with E-state index in [1.807, 2.05) is 0 Å². The molecule has 0 saturated carbocycles. The molecule has 0 N–H and O–H groups in total. The molecule has 0 radical (unpaired) electrons.